The summed E-state index contributed by atoms with van der Waals surface area (Å²) < 4.78 is 11.0. The van der Waals surface area contributed by atoms with Gasteiger partial charge in [0.15, 0.2) is 0 Å². The molecular weight excluding hydrogens is 402 g/mol. The maximum absolute atomic E-state index is 13.4. The van der Waals surface area contributed by atoms with Gasteiger partial charge in [-0.1, -0.05) is 36.8 Å². The summed E-state index contributed by atoms with van der Waals surface area (Å²) in [5, 5.41) is 6.51. The topological polar surface area (TPSA) is 54.4 Å². The molecule has 0 saturated carbocycles. The van der Waals surface area contributed by atoms with Crippen LogP contribution in [0.3, 0.4) is 0 Å². The van der Waals surface area contributed by atoms with Crippen LogP contribution in [0.2, 0.25) is 0 Å². The Morgan fingerprint density at radius 3 is 2.44 bits per heavy atom. The van der Waals surface area contributed by atoms with Crippen molar-refractivity contribution in [1.82, 2.24) is 9.91 Å². The van der Waals surface area contributed by atoms with Crippen molar-refractivity contribution in [3.8, 4) is 11.5 Å². The lowest BCUT2D eigenvalue weighted by Gasteiger charge is -2.31. The molecule has 1 amide bonds. The van der Waals surface area contributed by atoms with Crippen molar-refractivity contribution in [3.63, 3.8) is 0 Å². The molecule has 0 aromatic heterocycles. The largest absolute Gasteiger partial charge is 0.497 e. The zero-order chi connectivity index (χ0) is 22.7. The van der Waals surface area contributed by atoms with Crippen LogP contribution in [0.15, 0.2) is 47.6 Å². The van der Waals surface area contributed by atoms with Crippen LogP contribution in [-0.4, -0.2) is 55.4 Å². The molecule has 32 heavy (non-hydrogen) atoms. The third-order valence-electron chi connectivity index (χ3n) is 6.59. The number of likely N-dealkylation sites (tertiary alicyclic amines) is 1. The van der Waals surface area contributed by atoms with E-state index in [2.05, 4.69) is 43.0 Å². The van der Waals surface area contributed by atoms with E-state index in [0.29, 0.717) is 18.7 Å². The van der Waals surface area contributed by atoms with Crippen LogP contribution in [0.25, 0.3) is 0 Å². The van der Waals surface area contributed by atoms with Gasteiger partial charge in [-0.25, -0.2) is 5.01 Å². The molecule has 0 aliphatic carbocycles. The molecule has 1 fully saturated rings. The molecular formula is C26H33N3O3. The first-order chi connectivity index (χ1) is 15.5. The van der Waals surface area contributed by atoms with Crippen LogP contribution < -0.4 is 9.47 Å². The van der Waals surface area contributed by atoms with E-state index in [0.717, 1.165) is 54.4 Å². The first kappa shape index (κ1) is 22.3. The number of hydrogen-bond donors (Lipinski definition) is 0. The van der Waals surface area contributed by atoms with Gasteiger partial charge in [0, 0.05) is 18.1 Å². The number of aryl methyl sites for hydroxylation is 1. The van der Waals surface area contributed by atoms with Crippen LogP contribution in [-0.2, 0) is 4.79 Å². The van der Waals surface area contributed by atoms with Gasteiger partial charge in [0.1, 0.15) is 11.5 Å². The standard InChI is InChI=1S/C26H33N3O3/c1-18-5-7-20(8-6-18)23-16-24(22-10-9-21(31-3)15-25(22)32-4)29(27-23)26(30)17-28-13-11-19(2)12-14-28/h5-10,15,19,24H,11-14,16-17H2,1-4H3/t24-/m0/s1. The predicted octanol–water partition coefficient (Wildman–Crippen LogP) is 4.42. The average Bonchev–Trinajstić information content (AvgIpc) is 3.26. The van der Waals surface area contributed by atoms with Crippen molar-refractivity contribution < 1.29 is 14.3 Å². The average molecular weight is 436 g/mol. The fraction of sp³-hybridized carbons (Fsp3) is 0.462. The van der Waals surface area contributed by atoms with Crippen LogP contribution in [0.1, 0.15) is 48.9 Å². The molecule has 0 N–H and O–H groups in total. The Labute approximate surface area is 190 Å². The maximum Gasteiger partial charge on any atom is 0.257 e. The summed E-state index contributed by atoms with van der Waals surface area (Å²) >= 11 is 0. The van der Waals surface area contributed by atoms with Crippen molar-refractivity contribution in [3.05, 3.63) is 59.2 Å². The summed E-state index contributed by atoms with van der Waals surface area (Å²) in [4.78, 5) is 15.7. The van der Waals surface area contributed by atoms with Crippen LogP contribution in [0, 0.1) is 12.8 Å². The third-order valence-corrected chi connectivity index (χ3v) is 6.59. The fourth-order valence-electron chi connectivity index (χ4n) is 4.48. The molecule has 2 heterocycles. The van der Waals surface area contributed by atoms with E-state index in [-0.39, 0.29) is 11.9 Å². The highest BCUT2D eigenvalue weighted by molar-refractivity contribution is 6.03. The van der Waals surface area contributed by atoms with Gasteiger partial charge in [-0.2, -0.15) is 5.10 Å². The molecule has 2 aliphatic heterocycles. The van der Waals surface area contributed by atoms with Gasteiger partial charge in [0.05, 0.1) is 32.5 Å². The van der Waals surface area contributed by atoms with Crippen molar-refractivity contribution in [2.75, 3.05) is 33.9 Å². The Morgan fingerprint density at radius 1 is 1.06 bits per heavy atom. The van der Waals surface area contributed by atoms with Crippen molar-refractivity contribution in [2.45, 2.75) is 39.2 Å². The van der Waals surface area contributed by atoms with Gasteiger partial charge in [0.25, 0.3) is 5.91 Å². The Bertz CT molecular complexity index is 978. The smallest absolute Gasteiger partial charge is 0.257 e. The molecule has 0 radical (unpaired) electrons. The normalized spacial score (nSPS) is 19.7. The molecule has 6 heteroatoms. The lowest BCUT2D eigenvalue weighted by Crippen LogP contribution is -2.41. The Morgan fingerprint density at radius 2 is 1.78 bits per heavy atom. The second kappa shape index (κ2) is 9.74. The molecule has 0 spiro atoms. The summed E-state index contributed by atoms with van der Waals surface area (Å²) in [5.74, 6) is 2.20. The fourth-order valence-corrected chi connectivity index (χ4v) is 4.48. The Kier molecular flexibility index (Phi) is 6.80. The number of carbonyl (C=O) groups is 1. The van der Waals surface area contributed by atoms with Gasteiger partial charge in [-0.15, -0.1) is 0 Å². The molecule has 2 aromatic rings. The molecule has 4 rings (SSSR count). The van der Waals surface area contributed by atoms with E-state index in [4.69, 9.17) is 14.6 Å². The summed E-state index contributed by atoms with van der Waals surface area (Å²) in [7, 11) is 3.29. The monoisotopic (exact) mass is 435 g/mol. The number of nitrogens with zero attached hydrogens (tertiary/aromatic N) is 3. The lowest BCUT2D eigenvalue weighted by atomic mass is 9.97. The number of rotatable bonds is 6. The number of benzene rings is 2. The number of methoxy groups -OCH3 is 2. The number of ether oxygens (including phenoxy) is 2. The molecule has 1 saturated heterocycles. The SMILES string of the molecule is COc1ccc([C@@H]2CC(c3ccc(C)cc3)=NN2C(=O)CN2CCC(C)CC2)c(OC)c1. The van der Waals surface area contributed by atoms with Gasteiger partial charge < -0.3 is 9.47 Å². The molecule has 6 nitrogen and oxygen atoms in total. The Hall–Kier alpha value is -2.86. The van der Waals surface area contributed by atoms with Crippen LogP contribution in [0.4, 0.5) is 0 Å². The highest BCUT2D eigenvalue weighted by Crippen LogP contribution is 2.39. The number of amides is 1. The number of hydrazone groups is 1. The number of piperidine rings is 1. The maximum atomic E-state index is 13.4. The van der Waals surface area contributed by atoms with Crippen molar-refractivity contribution >= 4 is 11.6 Å². The number of carbonyl (C=O) groups excluding carboxylic acids is 1. The molecule has 2 aromatic carbocycles. The van der Waals surface area contributed by atoms with E-state index in [1.807, 2.05) is 18.2 Å². The van der Waals surface area contributed by atoms with Crippen molar-refractivity contribution in [1.29, 1.82) is 0 Å². The summed E-state index contributed by atoms with van der Waals surface area (Å²) in [6, 6.07) is 13.9. The van der Waals surface area contributed by atoms with Crippen LogP contribution >= 0.6 is 0 Å². The minimum Gasteiger partial charge on any atom is -0.497 e. The summed E-state index contributed by atoms with van der Waals surface area (Å²) in [5.41, 5.74) is 4.12. The zero-order valence-electron chi connectivity index (χ0n) is 19.5. The third kappa shape index (κ3) is 4.80. The minimum absolute atomic E-state index is 0.0320. The van der Waals surface area contributed by atoms with Crippen LogP contribution in [0.5, 0.6) is 11.5 Å². The lowest BCUT2D eigenvalue weighted by molar-refractivity contribution is -0.134. The molecule has 0 bridgehead atoms. The van der Waals surface area contributed by atoms with Gasteiger partial charge in [0.2, 0.25) is 0 Å². The second-order valence-corrected chi connectivity index (χ2v) is 8.94. The molecule has 1 atom stereocenters. The highest BCUT2D eigenvalue weighted by atomic mass is 16.5. The zero-order valence-corrected chi connectivity index (χ0v) is 19.5. The van der Waals surface area contributed by atoms with E-state index in [9.17, 15) is 4.79 Å². The van der Waals surface area contributed by atoms with Crippen molar-refractivity contribution in [2.24, 2.45) is 11.0 Å². The van der Waals surface area contributed by atoms with E-state index >= 15 is 0 Å². The molecule has 0 unspecified atom stereocenters. The highest BCUT2D eigenvalue weighted by Gasteiger charge is 2.35. The van der Waals surface area contributed by atoms with E-state index < -0.39 is 0 Å². The van der Waals surface area contributed by atoms with Gasteiger partial charge in [-0.3, -0.25) is 9.69 Å². The second-order valence-electron chi connectivity index (χ2n) is 8.94. The van der Waals surface area contributed by atoms with E-state index in [1.165, 1.54) is 5.56 Å². The Balaban J connectivity index is 1.63. The summed E-state index contributed by atoms with van der Waals surface area (Å²) in [6.45, 7) is 6.67. The molecule has 170 valence electrons. The van der Waals surface area contributed by atoms with Gasteiger partial charge >= 0.3 is 0 Å². The van der Waals surface area contributed by atoms with E-state index in [1.54, 1.807) is 19.2 Å². The van der Waals surface area contributed by atoms with Gasteiger partial charge in [-0.05, 0) is 56.5 Å². The minimum atomic E-state index is -0.205. The number of hydrogen-bond acceptors (Lipinski definition) is 5. The summed E-state index contributed by atoms with van der Waals surface area (Å²) in [6.07, 6.45) is 2.93. The predicted molar refractivity (Wildman–Crippen MR) is 126 cm³/mol. The first-order valence-corrected chi connectivity index (χ1v) is 11.4. The first-order valence-electron chi connectivity index (χ1n) is 11.4. The molecule has 2 aliphatic rings. The quantitative estimate of drug-likeness (QED) is 0.674.